The number of amides is 1. The van der Waals surface area contributed by atoms with Gasteiger partial charge in [-0.2, -0.15) is 0 Å². The highest BCUT2D eigenvalue weighted by molar-refractivity contribution is 6.01. The highest BCUT2D eigenvalue weighted by Crippen LogP contribution is 2.48. The molecule has 1 saturated carbocycles. The van der Waals surface area contributed by atoms with Gasteiger partial charge in [-0.3, -0.25) is 4.79 Å². The topological polar surface area (TPSA) is 49.0 Å². The van der Waals surface area contributed by atoms with Gasteiger partial charge in [-0.05, 0) is 43.5 Å². The Hall–Kier alpha value is -2.62. The number of nitrogens with zero attached hydrogens (tertiary/aromatic N) is 2. The molecule has 4 heteroatoms. The zero-order chi connectivity index (χ0) is 15.6. The molecule has 1 aliphatic carbocycles. The quantitative estimate of drug-likeness (QED) is 0.788. The van der Waals surface area contributed by atoms with Crippen LogP contribution in [-0.2, 0) is 5.54 Å². The first-order chi connectivity index (χ1) is 11.2. The molecule has 114 valence electrons. The van der Waals surface area contributed by atoms with Crippen LogP contribution in [0.3, 0.4) is 0 Å². The first-order valence-electron chi connectivity index (χ1n) is 8.08. The average molecular weight is 303 g/mol. The Balaban J connectivity index is 1.78. The van der Waals surface area contributed by atoms with E-state index in [2.05, 4.69) is 18.0 Å². The van der Waals surface area contributed by atoms with Crippen molar-refractivity contribution >= 4 is 16.9 Å². The lowest BCUT2D eigenvalue weighted by molar-refractivity contribution is 0.0617. The molecule has 23 heavy (non-hydrogen) atoms. The largest absolute Gasteiger partial charge is 0.340 e. The van der Waals surface area contributed by atoms with E-state index in [1.165, 1.54) is 0 Å². The van der Waals surface area contributed by atoms with Gasteiger partial charge in [0.2, 0.25) is 0 Å². The highest BCUT2D eigenvalue weighted by Gasteiger charge is 2.54. The number of para-hydroxylation sites is 2. The second-order valence-corrected chi connectivity index (χ2v) is 6.63. The molecule has 1 atom stereocenters. The first kappa shape index (κ1) is 12.9. The van der Waals surface area contributed by atoms with Gasteiger partial charge in [-0.25, -0.2) is 4.98 Å². The molecule has 1 N–H and O–H groups in total. The third-order valence-corrected chi connectivity index (χ3v) is 5.15. The maximum Gasteiger partial charge on any atom is 0.255 e. The van der Waals surface area contributed by atoms with Gasteiger partial charge in [0.05, 0.1) is 11.0 Å². The molecule has 4 nitrogen and oxygen atoms in total. The fourth-order valence-corrected chi connectivity index (χ4v) is 3.85. The number of carbonyl (C=O) groups is 1. The first-order valence-corrected chi connectivity index (χ1v) is 8.08. The smallest absolute Gasteiger partial charge is 0.255 e. The standard InChI is InChI=1S/C19H17N3O/c1-19(18-20-15-8-4-5-9-16(15)21-18)14-7-3-2-6-13(14)17(23)22(19)12-10-11-12/h2-9,12H,10-11H2,1H3,(H,20,21). The molecule has 0 saturated heterocycles. The lowest BCUT2D eigenvalue weighted by Crippen LogP contribution is -2.44. The van der Waals surface area contributed by atoms with Crippen molar-refractivity contribution in [2.45, 2.75) is 31.3 Å². The lowest BCUT2D eigenvalue weighted by Gasteiger charge is -2.34. The van der Waals surface area contributed by atoms with Crippen molar-refractivity contribution in [1.29, 1.82) is 0 Å². The van der Waals surface area contributed by atoms with Crippen LogP contribution >= 0.6 is 0 Å². The summed E-state index contributed by atoms with van der Waals surface area (Å²) in [4.78, 5) is 23.3. The van der Waals surface area contributed by atoms with Crippen LogP contribution in [0.2, 0.25) is 0 Å². The predicted octanol–water partition coefficient (Wildman–Crippen LogP) is 3.44. The number of H-pyrrole nitrogens is 1. The Kier molecular flexibility index (Phi) is 2.36. The maximum absolute atomic E-state index is 13.0. The lowest BCUT2D eigenvalue weighted by atomic mass is 9.90. The summed E-state index contributed by atoms with van der Waals surface area (Å²) in [6, 6.07) is 16.3. The normalized spacial score (nSPS) is 23.5. The number of hydrogen-bond donors (Lipinski definition) is 1. The van der Waals surface area contributed by atoms with Crippen molar-refractivity contribution in [3.8, 4) is 0 Å². The van der Waals surface area contributed by atoms with E-state index in [0.717, 1.165) is 40.8 Å². The van der Waals surface area contributed by atoms with Crippen molar-refractivity contribution < 1.29 is 4.79 Å². The van der Waals surface area contributed by atoms with E-state index in [1.807, 2.05) is 47.4 Å². The number of imidazole rings is 1. The summed E-state index contributed by atoms with van der Waals surface area (Å²) in [5.41, 5.74) is 3.29. The van der Waals surface area contributed by atoms with Crippen LogP contribution in [0.1, 0.15) is 41.5 Å². The second-order valence-electron chi connectivity index (χ2n) is 6.63. The van der Waals surface area contributed by atoms with Crippen molar-refractivity contribution in [3.05, 3.63) is 65.5 Å². The number of hydrogen-bond acceptors (Lipinski definition) is 2. The Morgan fingerprint density at radius 2 is 1.87 bits per heavy atom. The molecule has 2 aliphatic rings. The molecule has 3 aromatic rings. The SMILES string of the molecule is CC1(c2nc3ccccc3[nH]2)c2ccccc2C(=O)N1C1CC1. The Bertz CT molecular complexity index is 907. The Morgan fingerprint density at radius 3 is 2.65 bits per heavy atom. The molecule has 2 heterocycles. The second kappa shape index (κ2) is 4.22. The van der Waals surface area contributed by atoms with Crippen LogP contribution in [0.5, 0.6) is 0 Å². The van der Waals surface area contributed by atoms with Crippen LogP contribution in [0, 0.1) is 0 Å². The summed E-state index contributed by atoms with van der Waals surface area (Å²) in [5.74, 6) is 0.981. The molecule has 1 aliphatic heterocycles. The number of fused-ring (bicyclic) bond motifs is 2. The van der Waals surface area contributed by atoms with E-state index < -0.39 is 5.54 Å². The average Bonchev–Trinajstić information content (AvgIpc) is 3.25. The molecule has 0 bridgehead atoms. The van der Waals surface area contributed by atoms with E-state index in [-0.39, 0.29) is 5.91 Å². The number of carbonyl (C=O) groups excluding carboxylic acids is 1. The third-order valence-electron chi connectivity index (χ3n) is 5.15. The number of aromatic nitrogens is 2. The summed E-state index contributed by atoms with van der Waals surface area (Å²) in [5, 5.41) is 0. The van der Waals surface area contributed by atoms with Crippen LogP contribution in [0.4, 0.5) is 0 Å². The van der Waals surface area contributed by atoms with E-state index >= 15 is 0 Å². The van der Waals surface area contributed by atoms with Crippen molar-refractivity contribution in [1.82, 2.24) is 14.9 Å². The van der Waals surface area contributed by atoms with Crippen molar-refractivity contribution in [2.24, 2.45) is 0 Å². The van der Waals surface area contributed by atoms with E-state index in [4.69, 9.17) is 4.98 Å². The Labute approximate surface area is 134 Å². The van der Waals surface area contributed by atoms with E-state index in [9.17, 15) is 4.79 Å². The summed E-state index contributed by atoms with van der Waals surface area (Å²) in [6.07, 6.45) is 2.16. The fourth-order valence-electron chi connectivity index (χ4n) is 3.85. The van der Waals surface area contributed by atoms with Crippen LogP contribution < -0.4 is 0 Å². The van der Waals surface area contributed by atoms with Gasteiger partial charge in [0.15, 0.2) is 0 Å². The van der Waals surface area contributed by atoms with Gasteiger partial charge in [0.25, 0.3) is 5.91 Å². The molecule has 1 unspecified atom stereocenters. The van der Waals surface area contributed by atoms with E-state index in [1.54, 1.807) is 0 Å². The molecule has 0 radical (unpaired) electrons. The van der Waals surface area contributed by atoms with Gasteiger partial charge in [-0.1, -0.05) is 30.3 Å². The summed E-state index contributed by atoms with van der Waals surface area (Å²) < 4.78 is 0. The molecule has 2 aromatic carbocycles. The number of aromatic amines is 1. The van der Waals surface area contributed by atoms with Gasteiger partial charge >= 0.3 is 0 Å². The Morgan fingerprint density at radius 1 is 1.13 bits per heavy atom. The molecule has 1 amide bonds. The van der Waals surface area contributed by atoms with Gasteiger partial charge in [0.1, 0.15) is 11.4 Å². The van der Waals surface area contributed by atoms with Crippen LogP contribution in [0.15, 0.2) is 48.5 Å². The van der Waals surface area contributed by atoms with Gasteiger partial charge in [-0.15, -0.1) is 0 Å². The van der Waals surface area contributed by atoms with Crippen LogP contribution in [0.25, 0.3) is 11.0 Å². The van der Waals surface area contributed by atoms with Crippen LogP contribution in [-0.4, -0.2) is 26.8 Å². The summed E-state index contributed by atoms with van der Waals surface area (Å²) in [7, 11) is 0. The minimum absolute atomic E-state index is 0.131. The number of nitrogens with one attached hydrogen (secondary N) is 1. The minimum atomic E-state index is -0.520. The molecular formula is C19H17N3O. The summed E-state index contributed by atoms with van der Waals surface area (Å²) >= 11 is 0. The zero-order valence-electron chi connectivity index (χ0n) is 12.9. The monoisotopic (exact) mass is 303 g/mol. The third kappa shape index (κ3) is 1.61. The molecule has 1 fully saturated rings. The zero-order valence-corrected chi connectivity index (χ0v) is 12.9. The van der Waals surface area contributed by atoms with Gasteiger partial charge in [0, 0.05) is 11.6 Å². The minimum Gasteiger partial charge on any atom is -0.340 e. The fraction of sp³-hybridized carbons (Fsp3) is 0.263. The molecule has 5 rings (SSSR count). The predicted molar refractivity (Wildman–Crippen MR) is 88.2 cm³/mol. The maximum atomic E-state index is 13.0. The van der Waals surface area contributed by atoms with Gasteiger partial charge < -0.3 is 9.88 Å². The molecule has 1 aromatic heterocycles. The van der Waals surface area contributed by atoms with Crippen molar-refractivity contribution in [2.75, 3.05) is 0 Å². The summed E-state index contributed by atoms with van der Waals surface area (Å²) in [6.45, 7) is 2.12. The van der Waals surface area contributed by atoms with E-state index in [0.29, 0.717) is 6.04 Å². The highest BCUT2D eigenvalue weighted by atomic mass is 16.2. The molecule has 0 spiro atoms. The van der Waals surface area contributed by atoms with Crippen molar-refractivity contribution in [3.63, 3.8) is 0 Å². The molecular weight excluding hydrogens is 286 g/mol. The number of benzene rings is 2. The number of rotatable bonds is 2.